The van der Waals surface area contributed by atoms with Gasteiger partial charge in [0.25, 0.3) is 0 Å². The second-order valence-corrected chi connectivity index (χ2v) is 3.38. The van der Waals surface area contributed by atoms with Crippen LogP contribution in [0.3, 0.4) is 0 Å². The van der Waals surface area contributed by atoms with E-state index in [9.17, 15) is 19.2 Å². The zero-order valence-electron chi connectivity index (χ0n) is 9.13. The Morgan fingerprint density at radius 2 is 1.17 bits per heavy atom. The van der Waals surface area contributed by atoms with Crippen LogP contribution in [0.25, 0.3) is 0 Å². The molecule has 0 atom stereocenters. The fourth-order valence-electron chi connectivity index (χ4n) is 1.55. The number of carbonyl (C=O) groups is 4. The summed E-state index contributed by atoms with van der Waals surface area (Å²) in [4.78, 5) is 44.1. The molecule has 0 unspecified atom stereocenters. The van der Waals surface area contributed by atoms with Crippen molar-refractivity contribution in [3.05, 3.63) is 34.4 Å². The van der Waals surface area contributed by atoms with Crippen LogP contribution in [0, 0.1) is 0 Å². The highest BCUT2D eigenvalue weighted by Crippen LogP contribution is 2.21. The highest BCUT2D eigenvalue weighted by Gasteiger charge is 2.27. The molecule has 0 bridgehead atoms. The Bertz CT molecular complexity index is 520. The third-order valence-corrected chi connectivity index (χ3v) is 2.23. The number of ketones is 1. The van der Waals surface area contributed by atoms with E-state index in [1.807, 2.05) is 0 Å². The van der Waals surface area contributed by atoms with Gasteiger partial charge in [-0.3, -0.25) is 4.79 Å². The van der Waals surface area contributed by atoms with Gasteiger partial charge in [0.05, 0.1) is 16.7 Å². The average molecular weight is 252 g/mol. The molecule has 94 valence electrons. The third kappa shape index (κ3) is 2.19. The van der Waals surface area contributed by atoms with E-state index in [2.05, 4.69) is 0 Å². The molecule has 1 aromatic carbocycles. The minimum atomic E-state index is -1.67. The van der Waals surface area contributed by atoms with Crippen LogP contribution < -0.4 is 0 Å². The molecule has 0 radical (unpaired) electrons. The molecule has 0 spiro atoms. The number of carboxylic acids is 3. The van der Waals surface area contributed by atoms with Crippen molar-refractivity contribution in [3.63, 3.8) is 0 Å². The van der Waals surface area contributed by atoms with E-state index in [-0.39, 0.29) is 0 Å². The monoisotopic (exact) mass is 252 g/mol. The first-order chi connectivity index (χ1) is 8.27. The smallest absolute Gasteiger partial charge is 0.337 e. The van der Waals surface area contributed by atoms with Crippen LogP contribution >= 0.6 is 0 Å². The summed E-state index contributed by atoms with van der Waals surface area (Å²) in [6, 6.07) is 1.75. The predicted molar refractivity (Wildman–Crippen MR) is 57.3 cm³/mol. The summed E-state index contributed by atoms with van der Waals surface area (Å²) in [5.41, 5.74) is -2.59. The van der Waals surface area contributed by atoms with Crippen molar-refractivity contribution in [2.45, 2.75) is 6.92 Å². The largest absolute Gasteiger partial charge is 0.478 e. The number of Topliss-reactive ketones (excluding diaryl/α,β-unsaturated/α-hetero) is 1. The van der Waals surface area contributed by atoms with E-state index in [4.69, 9.17) is 15.3 Å². The number of benzene rings is 1. The molecule has 0 saturated heterocycles. The predicted octanol–water partition coefficient (Wildman–Crippen LogP) is 0.984. The Hall–Kier alpha value is -2.70. The van der Waals surface area contributed by atoms with Crippen molar-refractivity contribution in [3.8, 4) is 0 Å². The van der Waals surface area contributed by atoms with Crippen LogP contribution in [0.15, 0.2) is 12.1 Å². The van der Waals surface area contributed by atoms with Crippen molar-refractivity contribution in [1.29, 1.82) is 0 Å². The third-order valence-electron chi connectivity index (χ3n) is 2.23. The molecule has 1 aromatic rings. The lowest BCUT2D eigenvalue weighted by Crippen LogP contribution is -2.18. The van der Waals surface area contributed by atoms with Gasteiger partial charge in [0.1, 0.15) is 0 Å². The first-order valence-corrected chi connectivity index (χ1v) is 4.65. The number of aromatic carboxylic acids is 3. The minimum absolute atomic E-state index is 0.537. The first-order valence-electron chi connectivity index (χ1n) is 4.65. The molecule has 0 fully saturated rings. The molecule has 7 nitrogen and oxygen atoms in total. The van der Waals surface area contributed by atoms with Crippen LogP contribution in [0.1, 0.15) is 48.4 Å². The lowest BCUT2D eigenvalue weighted by Gasteiger charge is -2.09. The zero-order chi connectivity index (χ0) is 14.0. The molecule has 1 rings (SSSR count). The van der Waals surface area contributed by atoms with Gasteiger partial charge in [-0.05, 0) is 19.1 Å². The lowest BCUT2D eigenvalue weighted by atomic mass is 9.93. The zero-order valence-corrected chi connectivity index (χ0v) is 9.13. The highest BCUT2D eigenvalue weighted by atomic mass is 16.4. The van der Waals surface area contributed by atoms with Crippen molar-refractivity contribution < 1.29 is 34.5 Å². The topological polar surface area (TPSA) is 129 Å². The molecule has 0 aliphatic heterocycles. The molecule has 18 heavy (non-hydrogen) atoms. The molecular formula is C11H8O7. The summed E-state index contributed by atoms with van der Waals surface area (Å²) < 4.78 is 0. The maximum absolute atomic E-state index is 11.4. The Balaban J connectivity index is 3.82. The molecule has 3 N–H and O–H groups in total. The van der Waals surface area contributed by atoms with Crippen LogP contribution in [0.4, 0.5) is 0 Å². The van der Waals surface area contributed by atoms with Gasteiger partial charge in [0.2, 0.25) is 0 Å². The van der Waals surface area contributed by atoms with Crippen LogP contribution in [0.2, 0.25) is 0 Å². The Morgan fingerprint density at radius 3 is 1.44 bits per heavy atom. The van der Waals surface area contributed by atoms with Gasteiger partial charge < -0.3 is 15.3 Å². The lowest BCUT2D eigenvalue weighted by molar-refractivity contribution is 0.0646. The van der Waals surface area contributed by atoms with Crippen molar-refractivity contribution >= 4 is 23.7 Å². The van der Waals surface area contributed by atoms with Gasteiger partial charge in [-0.25, -0.2) is 14.4 Å². The van der Waals surface area contributed by atoms with E-state index in [1.54, 1.807) is 0 Å². The van der Waals surface area contributed by atoms with Crippen LogP contribution in [-0.2, 0) is 0 Å². The summed E-state index contributed by atoms with van der Waals surface area (Å²) in [6.45, 7) is 0.972. The van der Waals surface area contributed by atoms with Crippen LogP contribution in [0.5, 0.6) is 0 Å². The molecule has 0 heterocycles. The number of carboxylic acid groups (broad SMARTS) is 3. The van der Waals surface area contributed by atoms with Crippen molar-refractivity contribution in [2.75, 3.05) is 0 Å². The number of carbonyl (C=O) groups excluding carboxylic acids is 1. The second kappa shape index (κ2) is 4.66. The van der Waals surface area contributed by atoms with Gasteiger partial charge in [0, 0.05) is 5.56 Å². The fraction of sp³-hybridized carbons (Fsp3) is 0.0909. The Morgan fingerprint density at radius 1 is 0.778 bits per heavy atom. The number of hydrogen-bond donors (Lipinski definition) is 3. The van der Waals surface area contributed by atoms with Gasteiger partial charge >= 0.3 is 17.9 Å². The normalized spacial score (nSPS) is 9.83. The molecular weight excluding hydrogens is 244 g/mol. The molecule has 7 heteroatoms. The maximum atomic E-state index is 11.4. The van der Waals surface area contributed by atoms with E-state index in [0.29, 0.717) is 0 Å². The van der Waals surface area contributed by atoms with Gasteiger partial charge in [0.15, 0.2) is 5.78 Å². The van der Waals surface area contributed by atoms with Crippen molar-refractivity contribution in [2.24, 2.45) is 0 Å². The molecule has 0 amide bonds. The summed E-state index contributed by atoms with van der Waals surface area (Å²) in [6.07, 6.45) is 0. The highest BCUT2D eigenvalue weighted by molar-refractivity contribution is 6.15. The van der Waals surface area contributed by atoms with E-state index < -0.39 is 45.9 Å². The Labute approximate surface area is 100 Å². The molecule has 0 aliphatic rings. The van der Waals surface area contributed by atoms with Gasteiger partial charge in [-0.15, -0.1) is 0 Å². The number of rotatable bonds is 4. The summed E-state index contributed by atoms with van der Waals surface area (Å²) >= 11 is 0. The maximum Gasteiger partial charge on any atom is 0.337 e. The Kier molecular flexibility index (Phi) is 3.46. The molecule has 0 aliphatic carbocycles. The van der Waals surface area contributed by atoms with Gasteiger partial charge in [-0.2, -0.15) is 0 Å². The quantitative estimate of drug-likeness (QED) is 0.681. The second-order valence-electron chi connectivity index (χ2n) is 3.38. The molecule has 0 saturated carbocycles. The average Bonchev–Trinajstić information content (AvgIpc) is 2.26. The number of hydrogen-bond acceptors (Lipinski definition) is 4. The van der Waals surface area contributed by atoms with Gasteiger partial charge in [-0.1, -0.05) is 0 Å². The SMILES string of the molecule is CC(=O)c1c(C(=O)O)ccc(C(=O)O)c1C(=O)O. The van der Waals surface area contributed by atoms with E-state index >= 15 is 0 Å². The minimum Gasteiger partial charge on any atom is -0.478 e. The summed E-state index contributed by atoms with van der Waals surface area (Å²) in [5, 5.41) is 26.6. The van der Waals surface area contributed by atoms with E-state index in [1.165, 1.54) is 0 Å². The standard InChI is InChI=1S/C11H8O7/c1-4(12)7-5(9(13)14)2-3-6(10(15)16)8(7)11(17)18/h2-3H,1H3,(H,13,14)(H,15,16)(H,17,18). The summed E-state index contributed by atoms with van der Waals surface area (Å²) in [7, 11) is 0. The fourth-order valence-corrected chi connectivity index (χ4v) is 1.55. The van der Waals surface area contributed by atoms with E-state index in [0.717, 1.165) is 19.1 Å². The van der Waals surface area contributed by atoms with Crippen LogP contribution in [-0.4, -0.2) is 39.0 Å². The molecule has 0 aromatic heterocycles. The van der Waals surface area contributed by atoms with Crippen molar-refractivity contribution in [1.82, 2.24) is 0 Å². The first kappa shape index (κ1) is 13.4. The summed E-state index contributed by atoms with van der Waals surface area (Å²) in [5.74, 6) is -5.54.